The van der Waals surface area contributed by atoms with Crippen molar-refractivity contribution in [3.05, 3.63) is 18.5 Å². The van der Waals surface area contributed by atoms with Gasteiger partial charge in [0.05, 0.1) is 5.41 Å². The Morgan fingerprint density at radius 1 is 1.53 bits per heavy atom. The summed E-state index contributed by atoms with van der Waals surface area (Å²) in [6.07, 6.45) is 3.78. The van der Waals surface area contributed by atoms with Crippen LogP contribution in [0.15, 0.2) is 18.5 Å². The zero-order valence-electron chi connectivity index (χ0n) is 8.90. The number of aromatic nitrogens is 2. The number of carbonyl (C=O) groups is 1. The summed E-state index contributed by atoms with van der Waals surface area (Å²) >= 11 is 0. The molecule has 0 aliphatic rings. The van der Waals surface area contributed by atoms with Crippen LogP contribution < -0.4 is 5.32 Å². The quantitative estimate of drug-likeness (QED) is 0.766. The summed E-state index contributed by atoms with van der Waals surface area (Å²) in [6.45, 7) is 3.87. The molecular formula is C10H15N3O2. The van der Waals surface area contributed by atoms with E-state index in [1.54, 1.807) is 25.4 Å². The lowest BCUT2D eigenvalue weighted by atomic mass is 9.88. The molecule has 1 aromatic heterocycles. The second-order valence-electron chi connectivity index (χ2n) is 3.65. The van der Waals surface area contributed by atoms with Crippen LogP contribution in [0.25, 0.3) is 0 Å². The Morgan fingerprint density at radius 3 is 2.60 bits per heavy atom. The van der Waals surface area contributed by atoms with Gasteiger partial charge in [0.25, 0.3) is 0 Å². The first kappa shape index (κ1) is 11.4. The van der Waals surface area contributed by atoms with Crippen molar-refractivity contribution in [2.45, 2.75) is 20.3 Å². The van der Waals surface area contributed by atoms with Gasteiger partial charge in [0, 0.05) is 18.9 Å². The van der Waals surface area contributed by atoms with Crippen LogP contribution in [-0.4, -0.2) is 27.6 Å². The Kier molecular flexibility index (Phi) is 3.60. The number of hydrogen-bond acceptors (Lipinski definition) is 4. The lowest BCUT2D eigenvalue weighted by molar-refractivity contribution is -0.147. The van der Waals surface area contributed by atoms with Gasteiger partial charge in [-0.15, -0.1) is 0 Å². The summed E-state index contributed by atoms with van der Waals surface area (Å²) in [5.74, 6) is -0.355. The smallest absolute Gasteiger partial charge is 0.311 e. The highest BCUT2D eigenvalue weighted by atomic mass is 16.4. The van der Waals surface area contributed by atoms with Crippen molar-refractivity contribution in [2.75, 3.05) is 11.9 Å². The Labute approximate surface area is 88.6 Å². The van der Waals surface area contributed by atoms with Crippen molar-refractivity contribution < 1.29 is 9.90 Å². The molecule has 82 valence electrons. The van der Waals surface area contributed by atoms with Crippen LogP contribution >= 0.6 is 0 Å². The Hall–Kier alpha value is -1.65. The first-order valence-electron chi connectivity index (χ1n) is 4.83. The second-order valence-corrected chi connectivity index (χ2v) is 3.65. The number of nitrogens with one attached hydrogen (secondary N) is 1. The number of rotatable bonds is 5. The van der Waals surface area contributed by atoms with Crippen molar-refractivity contribution >= 4 is 11.9 Å². The number of aliphatic carboxylic acids is 1. The molecule has 5 heteroatoms. The predicted octanol–water partition coefficient (Wildman–Crippen LogP) is 1.39. The highest BCUT2D eigenvalue weighted by molar-refractivity contribution is 5.74. The van der Waals surface area contributed by atoms with Crippen LogP contribution in [0, 0.1) is 5.41 Å². The molecule has 1 atom stereocenters. The monoisotopic (exact) mass is 209 g/mol. The maximum absolute atomic E-state index is 11.0. The summed E-state index contributed by atoms with van der Waals surface area (Å²) in [7, 11) is 0. The maximum atomic E-state index is 11.0. The standard InChI is InChI=1S/C10H15N3O2/c1-3-10(2,8(14)15)7-13-9-11-5-4-6-12-9/h4-6H,3,7H2,1-2H3,(H,14,15)(H,11,12,13). The normalized spacial score (nSPS) is 14.3. The lowest BCUT2D eigenvalue weighted by Crippen LogP contribution is -2.34. The Bertz CT molecular complexity index is 329. The van der Waals surface area contributed by atoms with Gasteiger partial charge in [0.2, 0.25) is 5.95 Å². The van der Waals surface area contributed by atoms with E-state index in [0.717, 1.165) is 0 Å². The number of anilines is 1. The third-order valence-corrected chi connectivity index (χ3v) is 2.50. The largest absolute Gasteiger partial charge is 0.481 e. The molecular weight excluding hydrogens is 194 g/mol. The Balaban J connectivity index is 2.59. The van der Waals surface area contributed by atoms with E-state index in [9.17, 15) is 4.79 Å². The molecule has 0 aliphatic heterocycles. The third-order valence-electron chi connectivity index (χ3n) is 2.50. The van der Waals surface area contributed by atoms with Crippen LogP contribution in [0.1, 0.15) is 20.3 Å². The molecule has 0 aromatic carbocycles. The van der Waals surface area contributed by atoms with Gasteiger partial charge in [-0.05, 0) is 19.4 Å². The predicted molar refractivity (Wildman–Crippen MR) is 56.6 cm³/mol. The van der Waals surface area contributed by atoms with E-state index in [-0.39, 0.29) is 0 Å². The lowest BCUT2D eigenvalue weighted by Gasteiger charge is -2.22. The van der Waals surface area contributed by atoms with E-state index in [0.29, 0.717) is 18.9 Å². The maximum Gasteiger partial charge on any atom is 0.311 e. The summed E-state index contributed by atoms with van der Waals surface area (Å²) < 4.78 is 0. The van der Waals surface area contributed by atoms with E-state index >= 15 is 0 Å². The highest BCUT2D eigenvalue weighted by Crippen LogP contribution is 2.21. The average Bonchev–Trinajstić information content (AvgIpc) is 2.27. The number of carboxylic acid groups (broad SMARTS) is 1. The molecule has 1 aromatic rings. The van der Waals surface area contributed by atoms with Gasteiger partial charge in [0.1, 0.15) is 0 Å². The fourth-order valence-corrected chi connectivity index (χ4v) is 1.02. The van der Waals surface area contributed by atoms with Gasteiger partial charge >= 0.3 is 5.97 Å². The van der Waals surface area contributed by atoms with Crippen molar-refractivity contribution in [1.29, 1.82) is 0 Å². The van der Waals surface area contributed by atoms with Crippen molar-refractivity contribution in [2.24, 2.45) is 5.41 Å². The zero-order valence-corrected chi connectivity index (χ0v) is 8.90. The van der Waals surface area contributed by atoms with Gasteiger partial charge in [-0.2, -0.15) is 0 Å². The first-order valence-corrected chi connectivity index (χ1v) is 4.83. The van der Waals surface area contributed by atoms with Crippen LogP contribution in [0.3, 0.4) is 0 Å². The molecule has 0 fully saturated rings. The van der Waals surface area contributed by atoms with E-state index in [4.69, 9.17) is 5.11 Å². The molecule has 1 rings (SSSR count). The van der Waals surface area contributed by atoms with Gasteiger partial charge in [-0.3, -0.25) is 4.79 Å². The first-order chi connectivity index (χ1) is 7.08. The SMILES string of the molecule is CCC(C)(CNc1ncccn1)C(=O)O. The zero-order chi connectivity index (χ0) is 11.3. The van der Waals surface area contributed by atoms with E-state index in [1.165, 1.54) is 0 Å². The van der Waals surface area contributed by atoms with Crippen molar-refractivity contribution in [3.63, 3.8) is 0 Å². The number of carboxylic acids is 1. The topological polar surface area (TPSA) is 75.1 Å². The molecule has 15 heavy (non-hydrogen) atoms. The highest BCUT2D eigenvalue weighted by Gasteiger charge is 2.30. The molecule has 1 unspecified atom stereocenters. The molecule has 2 N–H and O–H groups in total. The molecule has 0 aliphatic carbocycles. The molecule has 0 saturated heterocycles. The molecule has 5 nitrogen and oxygen atoms in total. The van der Waals surface area contributed by atoms with E-state index in [1.807, 2.05) is 6.92 Å². The van der Waals surface area contributed by atoms with Gasteiger partial charge in [-0.25, -0.2) is 9.97 Å². The third kappa shape index (κ3) is 2.90. The summed E-state index contributed by atoms with van der Waals surface area (Å²) in [5.41, 5.74) is -0.779. The molecule has 1 heterocycles. The number of hydrogen-bond donors (Lipinski definition) is 2. The van der Waals surface area contributed by atoms with Crippen LogP contribution in [-0.2, 0) is 4.79 Å². The fourth-order valence-electron chi connectivity index (χ4n) is 1.02. The van der Waals surface area contributed by atoms with Crippen LogP contribution in [0.4, 0.5) is 5.95 Å². The van der Waals surface area contributed by atoms with Gasteiger partial charge < -0.3 is 10.4 Å². The minimum atomic E-state index is -0.812. The minimum absolute atomic E-state index is 0.322. The van der Waals surface area contributed by atoms with Gasteiger partial charge in [-0.1, -0.05) is 6.92 Å². The van der Waals surface area contributed by atoms with Crippen LogP contribution in [0.5, 0.6) is 0 Å². The Morgan fingerprint density at radius 2 is 2.13 bits per heavy atom. The summed E-state index contributed by atoms with van der Waals surface area (Å²) in [6, 6.07) is 1.71. The number of nitrogens with zero attached hydrogens (tertiary/aromatic N) is 2. The molecule has 0 saturated carbocycles. The van der Waals surface area contributed by atoms with Crippen LogP contribution in [0.2, 0.25) is 0 Å². The second kappa shape index (κ2) is 4.72. The molecule has 0 radical (unpaired) electrons. The minimum Gasteiger partial charge on any atom is -0.481 e. The molecule has 0 amide bonds. The average molecular weight is 209 g/mol. The summed E-state index contributed by atoms with van der Waals surface area (Å²) in [5, 5.41) is 11.9. The van der Waals surface area contributed by atoms with Gasteiger partial charge in [0.15, 0.2) is 0 Å². The molecule has 0 bridgehead atoms. The van der Waals surface area contributed by atoms with Crippen molar-refractivity contribution in [3.8, 4) is 0 Å². The summed E-state index contributed by atoms with van der Waals surface area (Å²) in [4.78, 5) is 18.9. The fraction of sp³-hybridized carbons (Fsp3) is 0.500. The molecule has 0 spiro atoms. The van der Waals surface area contributed by atoms with Crippen molar-refractivity contribution in [1.82, 2.24) is 9.97 Å². The van der Waals surface area contributed by atoms with E-state index < -0.39 is 11.4 Å². The van der Waals surface area contributed by atoms with E-state index in [2.05, 4.69) is 15.3 Å².